The summed E-state index contributed by atoms with van der Waals surface area (Å²) in [6.45, 7) is 6.19. The molecule has 5 nitrogen and oxygen atoms in total. The molecule has 0 radical (unpaired) electrons. The van der Waals surface area contributed by atoms with Gasteiger partial charge in [0.15, 0.2) is 0 Å². The first-order valence-electron chi connectivity index (χ1n) is 6.32. The lowest BCUT2D eigenvalue weighted by Gasteiger charge is -2.22. The van der Waals surface area contributed by atoms with Crippen molar-refractivity contribution in [1.82, 2.24) is 15.1 Å². The minimum Gasteiger partial charge on any atom is -0.363 e. The van der Waals surface area contributed by atoms with Crippen molar-refractivity contribution in [2.45, 2.75) is 33.1 Å². The molecule has 1 aromatic heterocycles. The van der Waals surface area contributed by atoms with Gasteiger partial charge in [0, 0.05) is 20.1 Å². The molecule has 0 spiro atoms. The third-order valence-electron chi connectivity index (χ3n) is 3.45. The van der Waals surface area contributed by atoms with Crippen LogP contribution in [-0.2, 0) is 0 Å². The molecular weight excluding hydrogens is 248 g/mol. The zero-order chi connectivity index (χ0) is 13.2. The smallest absolute Gasteiger partial charge is 0.284 e. The van der Waals surface area contributed by atoms with Crippen molar-refractivity contribution in [1.29, 1.82) is 0 Å². The van der Waals surface area contributed by atoms with E-state index >= 15 is 0 Å². The van der Waals surface area contributed by atoms with Gasteiger partial charge >= 0.3 is 0 Å². The Bertz CT molecular complexity index is 429. The quantitative estimate of drug-likeness (QED) is 0.893. The highest BCUT2D eigenvalue weighted by atomic mass is 32.1. The summed E-state index contributed by atoms with van der Waals surface area (Å²) in [5.41, 5.74) is 0.340. The molecular formula is C12H20N4OS. The van der Waals surface area contributed by atoms with E-state index in [0.717, 1.165) is 25.9 Å². The molecule has 2 heterocycles. The van der Waals surface area contributed by atoms with Gasteiger partial charge in [-0.25, -0.2) is 0 Å². The fraction of sp³-hybridized carbons (Fsp3) is 0.750. The zero-order valence-corrected chi connectivity index (χ0v) is 12.0. The Morgan fingerprint density at radius 3 is 2.78 bits per heavy atom. The van der Waals surface area contributed by atoms with Gasteiger partial charge in [0.05, 0.1) is 0 Å². The van der Waals surface area contributed by atoms with Gasteiger partial charge in [-0.15, -0.1) is 10.2 Å². The highest BCUT2D eigenvalue weighted by Gasteiger charge is 2.27. The third kappa shape index (κ3) is 2.98. The third-order valence-corrected chi connectivity index (χ3v) is 4.38. The molecule has 6 heteroatoms. The van der Waals surface area contributed by atoms with Crippen LogP contribution in [0.1, 0.15) is 42.9 Å². The standard InChI is InChI=1S/C12H20N4OS/c1-12(2)5-4-7-16(8-6-12)10(17)9-14-15-11(13-3)18-9/h4-8H2,1-3H3,(H,13,15). The Balaban J connectivity index is 2.05. The second-order valence-electron chi connectivity index (χ2n) is 5.47. The Labute approximate surface area is 112 Å². The van der Waals surface area contributed by atoms with Crippen molar-refractivity contribution >= 4 is 22.4 Å². The van der Waals surface area contributed by atoms with Crippen LogP contribution in [0.5, 0.6) is 0 Å². The molecule has 1 saturated heterocycles. The van der Waals surface area contributed by atoms with Crippen LogP contribution in [0, 0.1) is 5.41 Å². The predicted octanol–water partition coefficient (Wildman–Crippen LogP) is 2.23. The predicted molar refractivity (Wildman–Crippen MR) is 73.0 cm³/mol. The van der Waals surface area contributed by atoms with Crippen molar-refractivity contribution in [2.24, 2.45) is 5.41 Å². The van der Waals surface area contributed by atoms with Crippen LogP contribution in [0.4, 0.5) is 5.13 Å². The van der Waals surface area contributed by atoms with Gasteiger partial charge in [0.25, 0.3) is 5.91 Å². The number of nitrogens with one attached hydrogen (secondary N) is 1. The summed E-state index contributed by atoms with van der Waals surface area (Å²) in [6, 6.07) is 0. The summed E-state index contributed by atoms with van der Waals surface area (Å²) in [5.74, 6) is 0.0201. The van der Waals surface area contributed by atoms with Crippen molar-refractivity contribution in [3.8, 4) is 0 Å². The van der Waals surface area contributed by atoms with E-state index in [-0.39, 0.29) is 5.91 Å². The number of hydrogen-bond acceptors (Lipinski definition) is 5. The normalized spacial score (nSPS) is 19.4. The van der Waals surface area contributed by atoms with Gasteiger partial charge in [-0.3, -0.25) is 4.79 Å². The molecule has 0 unspecified atom stereocenters. The van der Waals surface area contributed by atoms with Crippen molar-refractivity contribution in [3.63, 3.8) is 0 Å². The van der Waals surface area contributed by atoms with E-state index in [1.807, 2.05) is 4.90 Å². The average molecular weight is 268 g/mol. The van der Waals surface area contributed by atoms with Crippen LogP contribution < -0.4 is 5.32 Å². The lowest BCUT2D eigenvalue weighted by Crippen LogP contribution is -2.32. The molecule has 1 fully saturated rings. The Morgan fingerprint density at radius 2 is 2.11 bits per heavy atom. The van der Waals surface area contributed by atoms with Gasteiger partial charge in [-0.1, -0.05) is 25.2 Å². The number of aromatic nitrogens is 2. The summed E-state index contributed by atoms with van der Waals surface area (Å²) in [6.07, 6.45) is 3.29. The summed E-state index contributed by atoms with van der Waals surface area (Å²) in [7, 11) is 1.78. The van der Waals surface area contributed by atoms with Gasteiger partial charge in [-0.05, 0) is 24.7 Å². The van der Waals surface area contributed by atoms with Crippen LogP contribution in [0.3, 0.4) is 0 Å². The summed E-state index contributed by atoms with van der Waals surface area (Å²) < 4.78 is 0. The van der Waals surface area contributed by atoms with Crippen molar-refractivity contribution in [2.75, 3.05) is 25.5 Å². The molecule has 1 aliphatic rings. The lowest BCUT2D eigenvalue weighted by atomic mass is 9.85. The molecule has 1 N–H and O–H groups in total. The van der Waals surface area contributed by atoms with Crippen molar-refractivity contribution in [3.05, 3.63) is 5.01 Å². The highest BCUT2D eigenvalue weighted by molar-refractivity contribution is 7.17. The fourth-order valence-corrected chi connectivity index (χ4v) is 2.84. The molecule has 2 rings (SSSR count). The molecule has 1 aliphatic heterocycles. The number of carbonyl (C=O) groups is 1. The topological polar surface area (TPSA) is 58.1 Å². The van der Waals surface area contributed by atoms with Gasteiger partial charge in [0.2, 0.25) is 10.1 Å². The number of nitrogens with zero attached hydrogens (tertiary/aromatic N) is 3. The van der Waals surface area contributed by atoms with Gasteiger partial charge in [0.1, 0.15) is 0 Å². The first-order valence-corrected chi connectivity index (χ1v) is 7.14. The minimum atomic E-state index is 0.0201. The number of likely N-dealkylation sites (tertiary alicyclic amines) is 1. The zero-order valence-electron chi connectivity index (χ0n) is 11.2. The molecule has 0 aromatic carbocycles. The van der Waals surface area contributed by atoms with Crippen LogP contribution in [-0.4, -0.2) is 41.1 Å². The Kier molecular flexibility index (Phi) is 3.85. The molecule has 1 aromatic rings. The Hall–Kier alpha value is -1.17. The van der Waals surface area contributed by atoms with Gasteiger partial charge < -0.3 is 10.2 Å². The van der Waals surface area contributed by atoms with Crippen LogP contribution >= 0.6 is 11.3 Å². The van der Waals surface area contributed by atoms with Crippen molar-refractivity contribution < 1.29 is 4.79 Å². The second-order valence-corrected chi connectivity index (χ2v) is 6.45. The van der Waals surface area contributed by atoms with E-state index in [4.69, 9.17) is 0 Å². The summed E-state index contributed by atoms with van der Waals surface area (Å²) >= 11 is 1.32. The van der Waals surface area contributed by atoms with Gasteiger partial charge in [-0.2, -0.15) is 0 Å². The molecule has 1 amide bonds. The molecule has 0 atom stereocenters. The second kappa shape index (κ2) is 5.22. The summed E-state index contributed by atoms with van der Waals surface area (Å²) in [4.78, 5) is 14.2. The first kappa shape index (κ1) is 13.3. The number of amides is 1. The van der Waals surface area contributed by atoms with Crippen LogP contribution in [0.25, 0.3) is 0 Å². The number of rotatable bonds is 2. The average Bonchev–Trinajstić information content (AvgIpc) is 2.74. The number of anilines is 1. The van der Waals surface area contributed by atoms with E-state index in [2.05, 4.69) is 29.4 Å². The largest absolute Gasteiger partial charge is 0.363 e. The van der Waals surface area contributed by atoms with Crippen LogP contribution in [0.15, 0.2) is 0 Å². The molecule has 100 valence electrons. The number of carbonyl (C=O) groups excluding carboxylic acids is 1. The summed E-state index contributed by atoms with van der Waals surface area (Å²) in [5, 5.41) is 11.9. The maximum atomic E-state index is 12.3. The molecule has 0 aliphatic carbocycles. The minimum absolute atomic E-state index is 0.0201. The van der Waals surface area contributed by atoms with E-state index < -0.39 is 0 Å². The van der Waals surface area contributed by atoms with E-state index in [0.29, 0.717) is 15.6 Å². The monoisotopic (exact) mass is 268 g/mol. The molecule has 0 bridgehead atoms. The number of hydrogen-bond donors (Lipinski definition) is 1. The lowest BCUT2D eigenvalue weighted by molar-refractivity contribution is 0.0756. The maximum Gasteiger partial charge on any atom is 0.284 e. The SMILES string of the molecule is CNc1nnc(C(=O)N2CCCC(C)(C)CC2)s1. The first-order chi connectivity index (χ1) is 8.52. The Morgan fingerprint density at radius 1 is 1.33 bits per heavy atom. The highest BCUT2D eigenvalue weighted by Crippen LogP contribution is 2.30. The van der Waals surface area contributed by atoms with E-state index in [1.165, 1.54) is 17.8 Å². The molecule has 18 heavy (non-hydrogen) atoms. The molecule has 0 saturated carbocycles. The fourth-order valence-electron chi connectivity index (χ4n) is 2.17. The van der Waals surface area contributed by atoms with E-state index in [9.17, 15) is 4.79 Å². The van der Waals surface area contributed by atoms with Crippen LogP contribution in [0.2, 0.25) is 0 Å². The maximum absolute atomic E-state index is 12.3. The van der Waals surface area contributed by atoms with E-state index in [1.54, 1.807) is 7.05 Å².